The van der Waals surface area contributed by atoms with Crippen LogP contribution in [0.2, 0.25) is 0 Å². The molecule has 2 aromatic rings. The van der Waals surface area contributed by atoms with Crippen molar-refractivity contribution in [3.63, 3.8) is 0 Å². The van der Waals surface area contributed by atoms with Gasteiger partial charge >= 0.3 is 5.97 Å². The van der Waals surface area contributed by atoms with Gasteiger partial charge in [0.1, 0.15) is 6.61 Å². The Morgan fingerprint density at radius 1 is 1.42 bits per heavy atom. The lowest BCUT2D eigenvalue weighted by Gasteiger charge is -2.07. The van der Waals surface area contributed by atoms with Crippen LogP contribution in [0.3, 0.4) is 0 Å². The van der Waals surface area contributed by atoms with Crippen molar-refractivity contribution in [1.29, 1.82) is 0 Å². The molecule has 2 N–H and O–H groups in total. The fourth-order valence-electron chi connectivity index (χ4n) is 1.62. The third kappa shape index (κ3) is 3.54. The van der Waals surface area contributed by atoms with Gasteiger partial charge in [0.2, 0.25) is 0 Å². The van der Waals surface area contributed by atoms with Crippen molar-refractivity contribution in [2.24, 2.45) is 0 Å². The average molecular weight is 321 g/mol. The first-order valence-corrected chi connectivity index (χ1v) is 6.49. The van der Waals surface area contributed by atoms with E-state index in [4.69, 9.17) is 10.5 Å². The van der Waals surface area contributed by atoms with E-state index in [1.54, 1.807) is 24.4 Å². The Labute approximate surface area is 119 Å². The summed E-state index contributed by atoms with van der Waals surface area (Å²) in [5, 5.41) is 0. The van der Waals surface area contributed by atoms with Crippen molar-refractivity contribution in [2.45, 2.75) is 13.5 Å². The standard InChI is InChI=1S/C14H13BrN2O2/c1-9-3-2-4-17-13(9)8-19-14(18)10-5-11(15)7-12(16)6-10/h2-7H,8,16H2,1H3. The number of esters is 1. The molecule has 4 nitrogen and oxygen atoms in total. The summed E-state index contributed by atoms with van der Waals surface area (Å²) in [4.78, 5) is 16.1. The van der Waals surface area contributed by atoms with Crippen LogP contribution in [0.25, 0.3) is 0 Å². The Morgan fingerprint density at radius 3 is 2.89 bits per heavy atom. The van der Waals surface area contributed by atoms with Crippen LogP contribution < -0.4 is 5.73 Å². The van der Waals surface area contributed by atoms with E-state index in [2.05, 4.69) is 20.9 Å². The SMILES string of the molecule is Cc1cccnc1COC(=O)c1cc(N)cc(Br)c1. The maximum absolute atomic E-state index is 11.9. The number of nitrogens with two attached hydrogens (primary N) is 1. The number of ether oxygens (including phenoxy) is 1. The van der Waals surface area contributed by atoms with Gasteiger partial charge in [0, 0.05) is 16.4 Å². The Kier molecular flexibility index (Phi) is 4.16. The molecule has 0 aliphatic rings. The summed E-state index contributed by atoms with van der Waals surface area (Å²) in [6, 6.07) is 8.74. The van der Waals surface area contributed by atoms with Crippen LogP contribution in [0.4, 0.5) is 5.69 Å². The molecule has 5 heteroatoms. The molecule has 0 aliphatic heterocycles. The van der Waals surface area contributed by atoms with E-state index in [0.717, 1.165) is 15.7 Å². The zero-order valence-corrected chi connectivity index (χ0v) is 12.0. The molecule has 98 valence electrons. The predicted molar refractivity (Wildman–Crippen MR) is 76.6 cm³/mol. The summed E-state index contributed by atoms with van der Waals surface area (Å²) >= 11 is 3.29. The fraction of sp³-hybridized carbons (Fsp3) is 0.143. The first-order chi connectivity index (χ1) is 9.06. The van der Waals surface area contributed by atoms with Gasteiger partial charge in [-0.15, -0.1) is 0 Å². The molecule has 0 radical (unpaired) electrons. The van der Waals surface area contributed by atoms with Gasteiger partial charge in [-0.25, -0.2) is 4.79 Å². The molecule has 2 rings (SSSR count). The van der Waals surface area contributed by atoms with E-state index >= 15 is 0 Å². The van der Waals surface area contributed by atoms with Gasteiger partial charge in [-0.3, -0.25) is 4.98 Å². The zero-order chi connectivity index (χ0) is 13.8. The number of benzene rings is 1. The number of hydrogen-bond acceptors (Lipinski definition) is 4. The molecule has 0 fully saturated rings. The summed E-state index contributed by atoms with van der Waals surface area (Å²) in [5.74, 6) is -0.418. The Balaban J connectivity index is 2.08. The molecule has 1 heterocycles. The lowest BCUT2D eigenvalue weighted by Crippen LogP contribution is -2.07. The third-order valence-corrected chi connectivity index (χ3v) is 3.07. The van der Waals surface area contributed by atoms with E-state index in [9.17, 15) is 4.79 Å². The minimum atomic E-state index is -0.418. The van der Waals surface area contributed by atoms with E-state index in [-0.39, 0.29) is 6.61 Å². The van der Waals surface area contributed by atoms with Crippen molar-refractivity contribution in [1.82, 2.24) is 4.98 Å². The van der Waals surface area contributed by atoms with Gasteiger partial charge < -0.3 is 10.5 Å². The molecule has 0 spiro atoms. The lowest BCUT2D eigenvalue weighted by molar-refractivity contribution is 0.0467. The normalized spacial score (nSPS) is 10.2. The number of anilines is 1. The number of aryl methyl sites for hydroxylation is 1. The molecular formula is C14H13BrN2O2. The van der Waals surface area contributed by atoms with Crippen LogP contribution in [0.5, 0.6) is 0 Å². The maximum atomic E-state index is 11.9. The van der Waals surface area contributed by atoms with Gasteiger partial charge in [0.05, 0.1) is 11.3 Å². The molecule has 19 heavy (non-hydrogen) atoms. The maximum Gasteiger partial charge on any atom is 0.338 e. The molecule has 0 unspecified atom stereocenters. The monoisotopic (exact) mass is 320 g/mol. The predicted octanol–water partition coefficient (Wildman–Crippen LogP) is 3.09. The summed E-state index contributed by atoms with van der Waals surface area (Å²) in [7, 11) is 0. The second-order valence-corrected chi connectivity index (χ2v) is 5.03. The van der Waals surface area contributed by atoms with Gasteiger partial charge in [-0.05, 0) is 36.8 Å². The van der Waals surface area contributed by atoms with Gasteiger partial charge in [-0.2, -0.15) is 0 Å². The summed E-state index contributed by atoms with van der Waals surface area (Å²) in [5.41, 5.74) is 8.34. The number of nitrogens with zero attached hydrogens (tertiary/aromatic N) is 1. The van der Waals surface area contributed by atoms with E-state index in [0.29, 0.717) is 11.3 Å². The zero-order valence-electron chi connectivity index (χ0n) is 10.4. The minimum Gasteiger partial charge on any atom is -0.456 e. The third-order valence-electron chi connectivity index (χ3n) is 2.61. The fourth-order valence-corrected chi connectivity index (χ4v) is 2.13. The lowest BCUT2D eigenvalue weighted by atomic mass is 10.2. The van der Waals surface area contributed by atoms with Crippen molar-refractivity contribution >= 4 is 27.6 Å². The van der Waals surface area contributed by atoms with E-state index in [1.807, 2.05) is 19.1 Å². The number of nitrogen functional groups attached to an aromatic ring is 1. The number of carbonyl (C=O) groups is 1. The van der Waals surface area contributed by atoms with Crippen LogP contribution in [0.15, 0.2) is 41.0 Å². The van der Waals surface area contributed by atoms with Gasteiger partial charge in [0.15, 0.2) is 0 Å². The Morgan fingerprint density at radius 2 is 2.21 bits per heavy atom. The van der Waals surface area contributed by atoms with Crippen LogP contribution in [0.1, 0.15) is 21.6 Å². The smallest absolute Gasteiger partial charge is 0.338 e. The number of carbonyl (C=O) groups excluding carboxylic acids is 1. The number of pyridine rings is 1. The molecule has 1 aromatic heterocycles. The summed E-state index contributed by atoms with van der Waals surface area (Å²) < 4.78 is 5.97. The van der Waals surface area contributed by atoms with Crippen LogP contribution in [-0.4, -0.2) is 11.0 Å². The molecular weight excluding hydrogens is 308 g/mol. The second-order valence-electron chi connectivity index (χ2n) is 4.12. The van der Waals surface area contributed by atoms with Crippen LogP contribution >= 0.6 is 15.9 Å². The highest BCUT2D eigenvalue weighted by Crippen LogP contribution is 2.18. The Hall–Kier alpha value is -1.88. The highest BCUT2D eigenvalue weighted by molar-refractivity contribution is 9.10. The molecule has 0 atom stereocenters. The van der Waals surface area contributed by atoms with E-state index in [1.165, 1.54) is 0 Å². The van der Waals surface area contributed by atoms with Crippen LogP contribution in [-0.2, 0) is 11.3 Å². The first-order valence-electron chi connectivity index (χ1n) is 5.70. The molecule has 0 amide bonds. The van der Waals surface area contributed by atoms with Gasteiger partial charge in [0.25, 0.3) is 0 Å². The number of halogens is 1. The minimum absolute atomic E-state index is 0.151. The quantitative estimate of drug-likeness (QED) is 0.697. The number of rotatable bonds is 3. The number of hydrogen-bond donors (Lipinski definition) is 1. The molecule has 0 bridgehead atoms. The van der Waals surface area contributed by atoms with Crippen molar-refractivity contribution in [3.8, 4) is 0 Å². The average Bonchev–Trinajstić information content (AvgIpc) is 2.36. The summed E-state index contributed by atoms with van der Waals surface area (Å²) in [6.45, 7) is 2.07. The highest BCUT2D eigenvalue weighted by Gasteiger charge is 2.10. The van der Waals surface area contributed by atoms with Crippen LogP contribution in [0, 0.1) is 6.92 Å². The molecule has 0 saturated carbocycles. The van der Waals surface area contributed by atoms with Crippen molar-refractivity contribution < 1.29 is 9.53 Å². The van der Waals surface area contributed by atoms with Gasteiger partial charge in [-0.1, -0.05) is 22.0 Å². The topological polar surface area (TPSA) is 65.2 Å². The molecule has 0 aliphatic carbocycles. The first kappa shape index (κ1) is 13.5. The number of aromatic nitrogens is 1. The molecule has 0 saturated heterocycles. The highest BCUT2D eigenvalue weighted by atomic mass is 79.9. The largest absolute Gasteiger partial charge is 0.456 e. The van der Waals surface area contributed by atoms with Crippen molar-refractivity contribution in [2.75, 3.05) is 5.73 Å². The van der Waals surface area contributed by atoms with Crippen molar-refractivity contribution in [3.05, 3.63) is 57.8 Å². The molecule has 1 aromatic carbocycles. The Bertz CT molecular complexity index is 594. The summed E-state index contributed by atoms with van der Waals surface area (Å²) in [6.07, 6.45) is 1.67. The van der Waals surface area contributed by atoms with E-state index < -0.39 is 5.97 Å². The second kappa shape index (κ2) is 5.84.